The summed E-state index contributed by atoms with van der Waals surface area (Å²) in [6, 6.07) is 3.96. The third-order valence-electron chi connectivity index (χ3n) is 2.78. The first-order chi connectivity index (χ1) is 7.16. The van der Waals surface area contributed by atoms with E-state index in [1.54, 1.807) is 7.11 Å². The average molecular weight is 212 g/mol. The molecule has 1 atom stereocenters. The van der Waals surface area contributed by atoms with Gasteiger partial charge in [0, 0.05) is 26.2 Å². The molecule has 0 saturated carbocycles. The van der Waals surface area contributed by atoms with Gasteiger partial charge in [-0.25, -0.2) is 4.39 Å². The number of hydrogen-bond donors (Lipinski definition) is 1. The van der Waals surface area contributed by atoms with Gasteiger partial charge in [0.2, 0.25) is 0 Å². The molecule has 0 aliphatic carbocycles. The third kappa shape index (κ3) is 1.82. The van der Waals surface area contributed by atoms with Crippen LogP contribution >= 0.6 is 0 Å². The Balaban J connectivity index is 2.42. The number of rotatable bonds is 2. The Morgan fingerprint density at radius 2 is 2.27 bits per heavy atom. The molecule has 15 heavy (non-hydrogen) atoms. The normalized spacial score (nSPS) is 25.7. The van der Waals surface area contributed by atoms with Crippen molar-refractivity contribution in [2.24, 2.45) is 0 Å². The van der Waals surface area contributed by atoms with Crippen LogP contribution in [0, 0.1) is 5.82 Å². The fourth-order valence-electron chi connectivity index (χ4n) is 1.89. The summed E-state index contributed by atoms with van der Waals surface area (Å²) in [5.74, 6) is -0.554. The molecule has 2 rings (SSSR count). The van der Waals surface area contributed by atoms with E-state index >= 15 is 0 Å². The van der Waals surface area contributed by atoms with Gasteiger partial charge in [0.25, 0.3) is 0 Å². The number of ether oxygens (including phenoxy) is 2. The van der Waals surface area contributed by atoms with Gasteiger partial charge in [0.05, 0.1) is 6.61 Å². The van der Waals surface area contributed by atoms with E-state index in [0.717, 1.165) is 6.07 Å². The number of methoxy groups -OCH3 is 1. The van der Waals surface area contributed by atoms with Crippen LogP contribution < -0.4 is 0 Å². The lowest BCUT2D eigenvalue weighted by Crippen LogP contribution is -2.28. The Kier molecular flexibility index (Phi) is 2.63. The number of phenolic OH excluding ortho intramolecular Hbond substituents is 1. The maximum absolute atomic E-state index is 13.1. The first-order valence-corrected chi connectivity index (χ1v) is 4.79. The van der Waals surface area contributed by atoms with Crippen LogP contribution in [-0.2, 0) is 15.1 Å². The number of aromatic hydroxyl groups is 1. The molecular weight excluding hydrogens is 199 g/mol. The van der Waals surface area contributed by atoms with Gasteiger partial charge in [-0.2, -0.15) is 0 Å². The Morgan fingerprint density at radius 3 is 2.80 bits per heavy atom. The highest BCUT2D eigenvalue weighted by molar-refractivity contribution is 5.33. The van der Waals surface area contributed by atoms with Crippen molar-refractivity contribution < 1.29 is 19.0 Å². The molecule has 1 saturated heterocycles. The molecule has 1 heterocycles. The minimum Gasteiger partial charge on any atom is -0.508 e. The molecule has 0 spiro atoms. The predicted molar refractivity (Wildman–Crippen MR) is 52.2 cm³/mol. The van der Waals surface area contributed by atoms with Crippen LogP contribution in [0.1, 0.15) is 12.0 Å². The van der Waals surface area contributed by atoms with E-state index in [1.165, 1.54) is 12.1 Å². The van der Waals surface area contributed by atoms with E-state index in [4.69, 9.17) is 9.47 Å². The molecule has 1 unspecified atom stereocenters. The summed E-state index contributed by atoms with van der Waals surface area (Å²) >= 11 is 0. The fraction of sp³-hybridized carbons (Fsp3) is 0.455. The van der Waals surface area contributed by atoms with Crippen LogP contribution in [-0.4, -0.2) is 25.4 Å². The molecule has 0 radical (unpaired) electrons. The first-order valence-electron chi connectivity index (χ1n) is 4.79. The number of halogens is 1. The zero-order valence-corrected chi connectivity index (χ0v) is 8.50. The van der Waals surface area contributed by atoms with E-state index in [0.29, 0.717) is 25.2 Å². The smallest absolute Gasteiger partial charge is 0.127 e. The highest BCUT2D eigenvalue weighted by Crippen LogP contribution is 2.35. The van der Waals surface area contributed by atoms with Gasteiger partial charge >= 0.3 is 0 Å². The molecule has 1 aliphatic rings. The number of benzene rings is 1. The summed E-state index contributed by atoms with van der Waals surface area (Å²) in [4.78, 5) is 0. The van der Waals surface area contributed by atoms with Crippen LogP contribution in [0.5, 0.6) is 5.75 Å². The molecule has 3 nitrogen and oxygen atoms in total. The highest BCUT2D eigenvalue weighted by Gasteiger charge is 2.37. The van der Waals surface area contributed by atoms with Crippen molar-refractivity contribution in [2.75, 3.05) is 20.3 Å². The lowest BCUT2D eigenvalue weighted by Gasteiger charge is -2.26. The largest absolute Gasteiger partial charge is 0.508 e. The minimum atomic E-state index is -0.612. The van der Waals surface area contributed by atoms with Gasteiger partial charge in [-0.3, -0.25) is 0 Å². The van der Waals surface area contributed by atoms with Crippen LogP contribution in [0.3, 0.4) is 0 Å². The van der Waals surface area contributed by atoms with E-state index < -0.39 is 11.4 Å². The SMILES string of the molecule is COC1(c2cc(O)cc(F)c2)CCOC1. The zero-order chi connectivity index (χ0) is 10.9. The van der Waals surface area contributed by atoms with Crippen LogP contribution in [0.25, 0.3) is 0 Å². The van der Waals surface area contributed by atoms with E-state index in [9.17, 15) is 9.50 Å². The Hall–Kier alpha value is -1.13. The van der Waals surface area contributed by atoms with Crippen molar-refractivity contribution in [3.8, 4) is 5.75 Å². The maximum atomic E-state index is 13.1. The summed E-state index contributed by atoms with van der Waals surface area (Å²) < 4.78 is 23.8. The molecule has 1 aliphatic heterocycles. The third-order valence-corrected chi connectivity index (χ3v) is 2.78. The van der Waals surface area contributed by atoms with Crippen molar-refractivity contribution >= 4 is 0 Å². The first kappa shape index (κ1) is 10.4. The monoisotopic (exact) mass is 212 g/mol. The molecule has 0 bridgehead atoms. The molecule has 0 amide bonds. The van der Waals surface area contributed by atoms with Crippen LogP contribution in [0.2, 0.25) is 0 Å². The molecule has 4 heteroatoms. The Bertz CT molecular complexity index is 339. The van der Waals surface area contributed by atoms with Crippen LogP contribution in [0.4, 0.5) is 4.39 Å². The van der Waals surface area contributed by atoms with E-state index in [-0.39, 0.29) is 5.75 Å². The average Bonchev–Trinajstić information content (AvgIpc) is 2.65. The van der Waals surface area contributed by atoms with Crippen molar-refractivity contribution in [3.05, 3.63) is 29.6 Å². The summed E-state index contributed by atoms with van der Waals surface area (Å²) in [5.41, 5.74) is 0.0135. The van der Waals surface area contributed by atoms with Gasteiger partial charge in [0.15, 0.2) is 0 Å². The van der Waals surface area contributed by atoms with Crippen molar-refractivity contribution in [3.63, 3.8) is 0 Å². The molecular formula is C11H13FO3. The maximum Gasteiger partial charge on any atom is 0.127 e. The molecule has 0 aromatic heterocycles. The minimum absolute atomic E-state index is 0.0895. The van der Waals surface area contributed by atoms with Gasteiger partial charge in [0.1, 0.15) is 17.2 Å². The van der Waals surface area contributed by atoms with Gasteiger partial charge in [-0.05, 0) is 17.7 Å². The molecule has 1 aromatic carbocycles. The van der Waals surface area contributed by atoms with Crippen LogP contribution in [0.15, 0.2) is 18.2 Å². The summed E-state index contributed by atoms with van der Waals surface area (Å²) in [5, 5.41) is 9.33. The second-order valence-electron chi connectivity index (χ2n) is 3.70. The number of hydrogen-bond acceptors (Lipinski definition) is 3. The molecule has 1 fully saturated rings. The lowest BCUT2D eigenvalue weighted by molar-refractivity contribution is -0.0216. The second-order valence-corrected chi connectivity index (χ2v) is 3.70. The highest BCUT2D eigenvalue weighted by atomic mass is 19.1. The van der Waals surface area contributed by atoms with Gasteiger partial charge in [-0.1, -0.05) is 0 Å². The second kappa shape index (κ2) is 3.79. The van der Waals surface area contributed by atoms with Gasteiger partial charge < -0.3 is 14.6 Å². The summed E-state index contributed by atoms with van der Waals surface area (Å²) in [6.45, 7) is 0.984. The summed E-state index contributed by atoms with van der Waals surface area (Å²) in [7, 11) is 1.57. The number of phenols is 1. The van der Waals surface area contributed by atoms with Crippen molar-refractivity contribution in [1.29, 1.82) is 0 Å². The molecule has 1 aromatic rings. The van der Waals surface area contributed by atoms with E-state index in [1.807, 2.05) is 0 Å². The lowest BCUT2D eigenvalue weighted by atomic mass is 9.92. The summed E-state index contributed by atoms with van der Waals surface area (Å²) in [6.07, 6.45) is 0.673. The Labute approximate surface area is 87.4 Å². The van der Waals surface area contributed by atoms with E-state index in [2.05, 4.69) is 0 Å². The molecule has 1 N–H and O–H groups in total. The predicted octanol–water partition coefficient (Wildman–Crippen LogP) is 1.79. The topological polar surface area (TPSA) is 38.7 Å². The molecule has 82 valence electrons. The fourth-order valence-corrected chi connectivity index (χ4v) is 1.89. The standard InChI is InChI=1S/C11H13FO3/c1-14-11(2-3-15-7-11)8-4-9(12)6-10(13)5-8/h4-6,13H,2-3,7H2,1H3. The Morgan fingerprint density at radius 1 is 1.47 bits per heavy atom. The van der Waals surface area contributed by atoms with Gasteiger partial charge in [-0.15, -0.1) is 0 Å². The zero-order valence-electron chi connectivity index (χ0n) is 8.50. The van der Waals surface area contributed by atoms with Crippen molar-refractivity contribution in [1.82, 2.24) is 0 Å². The quantitative estimate of drug-likeness (QED) is 0.812. The van der Waals surface area contributed by atoms with Crippen molar-refractivity contribution in [2.45, 2.75) is 12.0 Å².